The first kappa shape index (κ1) is 23.0. The lowest BCUT2D eigenvalue weighted by atomic mass is 10.2. The predicted molar refractivity (Wildman–Crippen MR) is 126 cm³/mol. The molecule has 1 aromatic heterocycles. The summed E-state index contributed by atoms with van der Waals surface area (Å²) in [6, 6.07) is 16.2. The maximum atomic E-state index is 12.9. The molecule has 0 atom stereocenters. The molecule has 2 amide bonds. The van der Waals surface area contributed by atoms with Crippen LogP contribution in [0.4, 0.5) is 0 Å². The Morgan fingerprint density at radius 1 is 0.939 bits per heavy atom. The molecule has 33 heavy (non-hydrogen) atoms. The number of aromatic nitrogens is 1. The van der Waals surface area contributed by atoms with E-state index in [0.29, 0.717) is 25.2 Å². The Morgan fingerprint density at radius 2 is 1.64 bits per heavy atom. The zero-order chi connectivity index (χ0) is 23.4. The molecular weight excluding hydrogens is 440 g/mol. The number of hydrogen-bond donors (Lipinski definition) is 1. The van der Waals surface area contributed by atoms with E-state index in [2.05, 4.69) is 28.1 Å². The van der Waals surface area contributed by atoms with Gasteiger partial charge in [0.1, 0.15) is 0 Å². The molecule has 1 N–H and O–H groups in total. The summed E-state index contributed by atoms with van der Waals surface area (Å²) >= 11 is 0. The smallest absolute Gasteiger partial charge is 0.251 e. The number of nitrogens with one attached hydrogen (secondary N) is 1. The summed E-state index contributed by atoms with van der Waals surface area (Å²) in [4.78, 5) is 25.7. The lowest BCUT2D eigenvalue weighted by molar-refractivity contribution is -0.129. The highest BCUT2D eigenvalue weighted by Gasteiger charge is 2.29. The molecule has 0 unspecified atom stereocenters. The van der Waals surface area contributed by atoms with E-state index in [1.807, 2.05) is 18.3 Å². The minimum absolute atomic E-state index is 0.0517. The first-order valence-electron chi connectivity index (χ1n) is 11.0. The normalized spacial score (nSPS) is 15.0. The van der Waals surface area contributed by atoms with E-state index in [1.54, 1.807) is 4.90 Å². The largest absolute Gasteiger partial charge is 0.352 e. The second kappa shape index (κ2) is 9.76. The molecule has 8 nitrogen and oxygen atoms in total. The second-order valence-electron chi connectivity index (χ2n) is 8.11. The van der Waals surface area contributed by atoms with Gasteiger partial charge in [0, 0.05) is 63.5 Å². The summed E-state index contributed by atoms with van der Waals surface area (Å²) in [6.45, 7) is 4.09. The number of carbonyl (C=O) groups is 2. The molecule has 3 aromatic rings. The van der Waals surface area contributed by atoms with Gasteiger partial charge in [0.25, 0.3) is 5.91 Å². The van der Waals surface area contributed by atoms with Gasteiger partial charge in [-0.1, -0.05) is 18.2 Å². The number of amides is 2. The Balaban J connectivity index is 1.29. The molecule has 0 radical (unpaired) electrons. The fourth-order valence-electron chi connectivity index (χ4n) is 4.06. The number of benzene rings is 2. The van der Waals surface area contributed by atoms with Gasteiger partial charge in [-0.25, -0.2) is 8.42 Å². The van der Waals surface area contributed by atoms with Gasteiger partial charge >= 0.3 is 0 Å². The van der Waals surface area contributed by atoms with Crippen molar-refractivity contribution >= 4 is 32.7 Å². The highest BCUT2D eigenvalue weighted by Crippen LogP contribution is 2.19. The number of fused-ring (bicyclic) bond motifs is 1. The summed E-state index contributed by atoms with van der Waals surface area (Å²) in [5.74, 6) is -0.282. The van der Waals surface area contributed by atoms with Crippen LogP contribution in [0.15, 0.2) is 65.7 Å². The van der Waals surface area contributed by atoms with Crippen molar-refractivity contribution in [1.82, 2.24) is 19.1 Å². The Bertz CT molecular complexity index is 1240. The predicted octanol–water partition coefficient (Wildman–Crippen LogP) is 2.31. The molecule has 1 saturated heterocycles. The van der Waals surface area contributed by atoms with Gasteiger partial charge in [-0.05, 0) is 48.2 Å². The fraction of sp³-hybridized carbons (Fsp3) is 0.333. The number of rotatable bonds is 7. The monoisotopic (exact) mass is 468 g/mol. The molecule has 0 bridgehead atoms. The van der Waals surface area contributed by atoms with Crippen LogP contribution in [0.3, 0.4) is 0 Å². The number of para-hydroxylation sites is 1. The van der Waals surface area contributed by atoms with Gasteiger partial charge in [-0.3, -0.25) is 9.59 Å². The van der Waals surface area contributed by atoms with Crippen molar-refractivity contribution in [2.24, 2.45) is 0 Å². The third-order valence-electron chi connectivity index (χ3n) is 5.98. The molecule has 0 spiro atoms. The van der Waals surface area contributed by atoms with Gasteiger partial charge in [-0.15, -0.1) is 0 Å². The number of aryl methyl sites for hydroxylation is 1. The van der Waals surface area contributed by atoms with Gasteiger partial charge < -0.3 is 14.8 Å². The summed E-state index contributed by atoms with van der Waals surface area (Å²) in [7, 11) is -3.66. The van der Waals surface area contributed by atoms with E-state index >= 15 is 0 Å². The number of nitrogens with zero attached hydrogens (tertiary/aromatic N) is 3. The Morgan fingerprint density at radius 3 is 2.33 bits per heavy atom. The Labute approximate surface area is 193 Å². The number of piperazine rings is 1. The lowest BCUT2D eigenvalue weighted by Gasteiger charge is -2.33. The van der Waals surface area contributed by atoms with Crippen molar-refractivity contribution in [3.63, 3.8) is 0 Å². The molecule has 0 aliphatic carbocycles. The fourth-order valence-corrected chi connectivity index (χ4v) is 5.48. The van der Waals surface area contributed by atoms with Crippen LogP contribution in [0.5, 0.6) is 0 Å². The summed E-state index contributed by atoms with van der Waals surface area (Å²) in [5, 5.41) is 4.09. The topological polar surface area (TPSA) is 91.7 Å². The molecule has 4 rings (SSSR count). The van der Waals surface area contributed by atoms with Gasteiger partial charge in [0.15, 0.2) is 0 Å². The van der Waals surface area contributed by atoms with Gasteiger partial charge in [0.05, 0.1) is 4.90 Å². The quantitative estimate of drug-likeness (QED) is 0.539. The zero-order valence-corrected chi connectivity index (χ0v) is 19.4. The Hall–Kier alpha value is -3.17. The summed E-state index contributed by atoms with van der Waals surface area (Å²) in [5.41, 5.74) is 1.59. The molecule has 2 aromatic carbocycles. The van der Waals surface area contributed by atoms with Crippen molar-refractivity contribution in [1.29, 1.82) is 0 Å². The average molecular weight is 469 g/mol. The van der Waals surface area contributed by atoms with Crippen molar-refractivity contribution in [2.45, 2.75) is 24.8 Å². The summed E-state index contributed by atoms with van der Waals surface area (Å²) in [6.07, 6.45) is 2.83. The van der Waals surface area contributed by atoms with Crippen LogP contribution in [0.2, 0.25) is 0 Å². The van der Waals surface area contributed by atoms with Gasteiger partial charge in [-0.2, -0.15) is 4.31 Å². The lowest BCUT2D eigenvalue weighted by Crippen LogP contribution is -2.49. The van der Waals surface area contributed by atoms with Gasteiger partial charge in [0.2, 0.25) is 15.9 Å². The maximum absolute atomic E-state index is 12.9. The zero-order valence-electron chi connectivity index (χ0n) is 18.6. The highest BCUT2D eigenvalue weighted by molar-refractivity contribution is 7.89. The van der Waals surface area contributed by atoms with E-state index in [4.69, 9.17) is 0 Å². The molecule has 1 aliphatic heterocycles. The van der Waals surface area contributed by atoms with Crippen LogP contribution >= 0.6 is 0 Å². The van der Waals surface area contributed by atoms with Crippen LogP contribution in [0.1, 0.15) is 23.7 Å². The SMILES string of the molecule is CC(=O)N1CCN(S(=O)(=O)c2ccc(C(=O)NCCCn3ccc4ccccc43)cc2)CC1. The van der Waals surface area contributed by atoms with Crippen LogP contribution in [0, 0.1) is 0 Å². The van der Waals surface area contributed by atoms with Crippen molar-refractivity contribution in [3.05, 3.63) is 66.4 Å². The number of carbonyl (C=O) groups excluding carboxylic acids is 2. The first-order valence-corrected chi connectivity index (χ1v) is 12.5. The maximum Gasteiger partial charge on any atom is 0.251 e. The van der Waals surface area contributed by atoms with Crippen LogP contribution in [-0.2, 0) is 21.4 Å². The van der Waals surface area contributed by atoms with Crippen LogP contribution < -0.4 is 5.32 Å². The van der Waals surface area contributed by atoms with Crippen molar-refractivity contribution in [2.75, 3.05) is 32.7 Å². The number of hydrogen-bond acceptors (Lipinski definition) is 4. The highest BCUT2D eigenvalue weighted by atomic mass is 32.2. The molecule has 174 valence electrons. The minimum atomic E-state index is -3.66. The van der Waals surface area contributed by atoms with E-state index in [1.165, 1.54) is 46.4 Å². The molecule has 1 aliphatic rings. The Kier molecular flexibility index (Phi) is 6.80. The average Bonchev–Trinajstić information content (AvgIpc) is 3.25. The minimum Gasteiger partial charge on any atom is -0.352 e. The van der Waals surface area contributed by atoms with Crippen LogP contribution in [0.25, 0.3) is 10.9 Å². The molecular formula is C24H28N4O4S. The molecule has 0 saturated carbocycles. The van der Waals surface area contributed by atoms with E-state index in [-0.39, 0.29) is 29.8 Å². The number of sulfonamides is 1. The third kappa shape index (κ3) is 5.09. The molecule has 1 fully saturated rings. The first-order chi connectivity index (χ1) is 15.9. The molecule has 2 heterocycles. The standard InChI is InChI=1S/C24H28N4O4S/c1-19(29)26-15-17-28(18-16-26)33(31,32)22-9-7-21(8-10-22)24(30)25-12-4-13-27-14-11-20-5-2-3-6-23(20)27/h2-3,5-11,14H,4,12-13,15-18H2,1H3,(H,25,30). The van der Waals surface area contributed by atoms with Crippen molar-refractivity contribution < 1.29 is 18.0 Å². The van der Waals surface area contributed by atoms with E-state index < -0.39 is 10.0 Å². The van der Waals surface area contributed by atoms with Crippen LogP contribution in [-0.4, -0.2) is 66.7 Å². The molecule has 9 heteroatoms. The van der Waals surface area contributed by atoms with E-state index in [9.17, 15) is 18.0 Å². The summed E-state index contributed by atoms with van der Waals surface area (Å²) < 4.78 is 29.3. The van der Waals surface area contributed by atoms with Crippen molar-refractivity contribution in [3.8, 4) is 0 Å². The second-order valence-corrected chi connectivity index (χ2v) is 10.0. The third-order valence-corrected chi connectivity index (χ3v) is 7.89. The van der Waals surface area contributed by atoms with E-state index in [0.717, 1.165) is 13.0 Å².